The number of ether oxygens (including phenoxy) is 1. The molecule has 5 rings (SSSR count). The lowest BCUT2D eigenvalue weighted by atomic mass is 9.56. The van der Waals surface area contributed by atoms with E-state index in [1.807, 2.05) is 6.08 Å². The molecule has 1 saturated carbocycles. The number of benzene rings is 1. The van der Waals surface area contributed by atoms with E-state index in [1.165, 1.54) is 27.3 Å². The number of hydrogen-bond donors (Lipinski definition) is 1. The first-order chi connectivity index (χ1) is 15.5. The Bertz CT molecular complexity index is 1170. The monoisotopic (exact) mass is 492 g/mol. The molecule has 1 aromatic carbocycles. The molecule has 33 heavy (non-hydrogen) atoms. The van der Waals surface area contributed by atoms with Gasteiger partial charge in [-0.3, -0.25) is 29.0 Å². The van der Waals surface area contributed by atoms with E-state index in [2.05, 4.69) is 0 Å². The fourth-order valence-electron chi connectivity index (χ4n) is 6.14. The molecule has 2 heterocycles. The van der Waals surface area contributed by atoms with Crippen molar-refractivity contribution >= 4 is 46.8 Å². The maximum atomic E-state index is 13.4. The number of hydrogen-bond acceptors (Lipinski definition) is 6. The Morgan fingerprint density at radius 2 is 1.73 bits per heavy atom. The van der Waals surface area contributed by atoms with E-state index >= 15 is 0 Å². The molecule has 0 aromatic heterocycles. The number of nitrogens with zero attached hydrogens (tertiary/aromatic N) is 2. The van der Waals surface area contributed by atoms with Crippen LogP contribution in [-0.2, 0) is 19.2 Å². The first-order valence-corrected chi connectivity index (χ1v) is 11.3. The van der Waals surface area contributed by atoms with E-state index in [-0.39, 0.29) is 36.0 Å². The maximum Gasteiger partial charge on any atom is 0.253 e. The number of carbonyl (C=O) groups excluding carboxylic acids is 4. The number of fused-ring (bicyclic) bond motifs is 4. The van der Waals surface area contributed by atoms with Gasteiger partial charge in [-0.15, -0.1) is 23.2 Å². The highest BCUT2D eigenvalue weighted by Crippen LogP contribution is 2.66. The summed E-state index contributed by atoms with van der Waals surface area (Å²) in [6, 6.07) is 4.53. The van der Waals surface area contributed by atoms with Gasteiger partial charge in [-0.25, -0.2) is 0 Å². The van der Waals surface area contributed by atoms with Crippen LogP contribution in [0.2, 0.25) is 0 Å². The van der Waals surface area contributed by atoms with Crippen molar-refractivity contribution < 1.29 is 29.0 Å². The zero-order valence-corrected chi connectivity index (χ0v) is 19.7. The highest BCUT2D eigenvalue weighted by Gasteiger charge is 2.76. The smallest absolute Gasteiger partial charge is 0.253 e. The number of carbonyl (C=O) groups is 4. The molecule has 3 fully saturated rings. The largest absolute Gasteiger partial charge is 0.508 e. The van der Waals surface area contributed by atoms with Crippen LogP contribution in [0.4, 0.5) is 0 Å². The molecule has 2 aliphatic carbocycles. The predicted octanol–water partition coefficient (Wildman–Crippen LogP) is 2.02. The summed E-state index contributed by atoms with van der Waals surface area (Å²) >= 11 is 14.0. The summed E-state index contributed by atoms with van der Waals surface area (Å²) in [6.07, 6.45) is 2.03. The summed E-state index contributed by atoms with van der Waals surface area (Å²) in [6.45, 7) is 0. The third-order valence-electron chi connectivity index (χ3n) is 7.78. The Balaban J connectivity index is 1.78. The lowest BCUT2D eigenvalue weighted by Gasteiger charge is -2.50. The van der Waals surface area contributed by atoms with Gasteiger partial charge >= 0.3 is 0 Å². The number of aromatic hydroxyl groups is 1. The summed E-state index contributed by atoms with van der Waals surface area (Å²) in [5, 5.41) is 10.8. The number of phenols is 1. The number of allylic oxidation sites excluding steroid dienone is 2. The van der Waals surface area contributed by atoms with Gasteiger partial charge in [0.15, 0.2) is 9.75 Å². The van der Waals surface area contributed by atoms with Crippen LogP contribution in [0.1, 0.15) is 24.3 Å². The van der Waals surface area contributed by atoms with E-state index in [0.29, 0.717) is 11.3 Å². The SMILES string of the molecule is COc1ccc(O)c([C@H]2C3=CC[C@@H]4C(=O)N(C)C(=O)[C@@H]4[C@@H]3C[C@@]3(Cl)C(=O)N(C)C(=O)[C@@]23Cl)c1. The second kappa shape index (κ2) is 6.96. The average Bonchev–Trinajstić information content (AvgIpc) is 3.09. The summed E-state index contributed by atoms with van der Waals surface area (Å²) in [5.74, 6) is -4.60. The molecule has 6 atom stereocenters. The van der Waals surface area contributed by atoms with Crippen LogP contribution in [0.25, 0.3) is 0 Å². The second-order valence-electron chi connectivity index (χ2n) is 9.16. The summed E-state index contributed by atoms with van der Waals surface area (Å²) < 4.78 is 5.32. The van der Waals surface area contributed by atoms with Crippen LogP contribution < -0.4 is 4.74 Å². The van der Waals surface area contributed by atoms with Crippen molar-refractivity contribution in [1.82, 2.24) is 9.80 Å². The molecule has 1 N–H and O–H groups in total. The van der Waals surface area contributed by atoms with Crippen LogP contribution in [0.15, 0.2) is 29.8 Å². The molecule has 4 aliphatic rings. The van der Waals surface area contributed by atoms with Gasteiger partial charge in [0.25, 0.3) is 11.8 Å². The number of amides is 4. The minimum absolute atomic E-state index is 0.0753. The van der Waals surface area contributed by atoms with Crippen molar-refractivity contribution in [3.05, 3.63) is 35.4 Å². The molecule has 0 bridgehead atoms. The fourth-order valence-corrected chi connectivity index (χ4v) is 7.15. The van der Waals surface area contributed by atoms with Crippen molar-refractivity contribution in [2.24, 2.45) is 17.8 Å². The van der Waals surface area contributed by atoms with Crippen molar-refractivity contribution in [1.29, 1.82) is 0 Å². The number of phenolic OH excluding ortho intramolecular Hbond substituents is 1. The second-order valence-corrected chi connectivity index (χ2v) is 10.4. The first-order valence-electron chi connectivity index (χ1n) is 10.6. The van der Waals surface area contributed by atoms with Crippen molar-refractivity contribution in [3.8, 4) is 11.5 Å². The number of rotatable bonds is 2. The predicted molar refractivity (Wildman–Crippen MR) is 118 cm³/mol. The Kier molecular flexibility index (Phi) is 4.69. The summed E-state index contributed by atoms with van der Waals surface area (Å²) in [4.78, 5) is 50.7. The maximum absolute atomic E-state index is 13.4. The Hall–Kier alpha value is -2.58. The van der Waals surface area contributed by atoms with Gasteiger partial charge in [-0.1, -0.05) is 11.6 Å². The van der Waals surface area contributed by atoms with Crippen LogP contribution in [0.3, 0.4) is 0 Å². The molecule has 2 aliphatic heterocycles. The van der Waals surface area contributed by atoms with Crippen LogP contribution in [-0.4, -0.2) is 69.5 Å². The van der Waals surface area contributed by atoms with Gasteiger partial charge in [0.1, 0.15) is 11.5 Å². The molecule has 8 nitrogen and oxygen atoms in total. The van der Waals surface area contributed by atoms with Gasteiger partial charge in [0.05, 0.1) is 18.9 Å². The standard InChI is InChI=1S/C23H22Cl2N2O6/c1-26-18(29)12-6-5-11-14(16(12)19(26)30)9-22(24)20(31)27(2)21(32)23(22,25)17(11)13-8-10(33-3)4-7-15(13)28/h4-5,7-8,12,14,16-17,28H,6,9H2,1-3H3/t12-,14+,16-,17+,22+,23-/m0/s1. The fraction of sp³-hybridized carbons (Fsp3) is 0.478. The Morgan fingerprint density at radius 3 is 2.39 bits per heavy atom. The van der Waals surface area contributed by atoms with Gasteiger partial charge in [0.2, 0.25) is 11.8 Å². The molecule has 4 amide bonds. The molecular formula is C23H22Cl2N2O6. The minimum atomic E-state index is -1.93. The minimum Gasteiger partial charge on any atom is -0.508 e. The quantitative estimate of drug-likeness (QED) is 0.384. The average molecular weight is 493 g/mol. The highest BCUT2D eigenvalue weighted by molar-refractivity contribution is 6.53. The molecule has 2 saturated heterocycles. The topological polar surface area (TPSA) is 104 Å². The zero-order valence-electron chi connectivity index (χ0n) is 18.2. The van der Waals surface area contributed by atoms with Crippen LogP contribution >= 0.6 is 23.2 Å². The van der Waals surface area contributed by atoms with Crippen molar-refractivity contribution in [2.45, 2.75) is 28.5 Å². The number of imide groups is 2. The first kappa shape index (κ1) is 22.2. The molecular weight excluding hydrogens is 471 g/mol. The summed E-state index contributed by atoms with van der Waals surface area (Å²) in [5.41, 5.74) is 0.893. The Morgan fingerprint density at radius 1 is 1.03 bits per heavy atom. The molecule has 0 unspecified atom stereocenters. The van der Waals surface area contributed by atoms with E-state index in [4.69, 9.17) is 27.9 Å². The molecule has 0 spiro atoms. The van der Waals surface area contributed by atoms with Gasteiger partial charge in [0, 0.05) is 25.6 Å². The van der Waals surface area contributed by atoms with Gasteiger partial charge < -0.3 is 9.84 Å². The third kappa shape index (κ3) is 2.53. The third-order valence-corrected chi connectivity index (χ3v) is 9.19. The van der Waals surface area contributed by atoms with Crippen molar-refractivity contribution in [2.75, 3.05) is 21.2 Å². The molecule has 1 aromatic rings. The lowest BCUT2D eigenvalue weighted by molar-refractivity contribution is -0.140. The van der Waals surface area contributed by atoms with E-state index < -0.39 is 45.2 Å². The molecule has 174 valence electrons. The van der Waals surface area contributed by atoms with E-state index in [0.717, 1.165) is 9.80 Å². The van der Waals surface area contributed by atoms with Crippen molar-refractivity contribution in [3.63, 3.8) is 0 Å². The van der Waals surface area contributed by atoms with Crippen LogP contribution in [0.5, 0.6) is 11.5 Å². The zero-order chi connectivity index (χ0) is 24.0. The number of alkyl halides is 2. The number of halogens is 2. The molecule has 0 radical (unpaired) electrons. The number of methoxy groups -OCH3 is 1. The van der Waals surface area contributed by atoms with Gasteiger partial charge in [-0.05, 0) is 37.0 Å². The Labute approximate surface area is 200 Å². The molecule has 10 heteroatoms. The summed E-state index contributed by atoms with van der Waals surface area (Å²) in [7, 11) is 4.22. The normalized spacial score (nSPS) is 37.7. The lowest BCUT2D eigenvalue weighted by Crippen LogP contribution is -2.60. The van der Waals surface area contributed by atoms with Crippen LogP contribution in [0, 0.1) is 17.8 Å². The van der Waals surface area contributed by atoms with Gasteiger partial charge in [-0.2, -0.15) is 0 Å². The van der Waals surface area contributed by atoms with E-state index in [1.54, 1.807) is 12.1 Å². The number of likely N-dealkylation sites (tertiary alicyclic amines) is 2. The highest BCUT2D eigenvalue weighted by atomic mass is 35.5. The van der Waals surface area contributed by atoms with E-state index in [9.17, 15) is 24.3 Å².